The highest BCUT2D eigenvalue weighted by molar-refractivity contribution is 6.32. The number of halogens is 1. The fourth-order valence-corrected chi connectivity index (χ4v) is 5.35. The Hall–Kier alpha value is -3.42. The Bertz CT molecular complexity index is 1380. The molecule has 2 aromatic heterocycles. The van der Waals surface area contributed by atoms with Crippen LogP contribution in [0.2, 0.25) is 5.02 Å². The number of rotatable bonds is 9. The first-order chi connectivity index (χ1) is 18.4. The van der Waals surface area contributed by atoms with E-state index in [2.05, 4.69) is 66.0 Å². The largest absolute Gasteiger partial charge is 0.496 e. The molecule has 200 valence electrons. The van der Waals surface area contributed by atoms with Crippen LogP contribution in [0.5, 0.6) is 11.5 Å². The van der Waals surface area contributed by atoms with E-state index in [0.29, 0.717) is 28.6 Å². The van der Waals surface area contributed by atoms with Gasteiger partial charge >= 0.3 is 0 Å². The van der Waals surface area contributed by atoms with E-state index in [1.54, 1.807) is 20.3 Å². The van der Waals surface area contributed by atoms with Crippen LogP contribution < -0.4 is 25.0 Å². The maximum Gasteiger partial charge on any atom is 0.141 e. The third-order valence-electron chi connectivity index (χ3n) is 7.36. The van der Waals surface area contributed by atoms with Gasteiger partial charge < -0.3 is 29.4 Å². The summed E-state index contributed by atoms with van der Waals surface area (Å²) in [6.45, 7) is 0.916. The number of benzene rings is 2. The molecule has 0 radical (unpaired) electrons. The third-order valence-corrected chi connectivity index (χ3v) is 7.65. The van der Waals surface area contributed by atoms with Gasteiger partial charge in [0.2, 0.25) is 0 Å². The van der Waals surface area contributed by atoms with Crippen molar-refractivity contribution < 1.29 is 9.47 Å². The number of hydrogen-bond acceptors (Lipinski definition) is 6. The van der Waals surface area contributed by atoms with Crippen molar-refractivity contribution in [3.05, 3.63) is 71.5 Å². The van der Waals surface area contributed by atoms with E-state index in [9.17, 15) is 0 Å². The van der Waals surface area contributed by atoms with Crippen LogP contribution in [-0.4, -0.2) is 49.8 Å². The van der Waals surface area contributed by atoms with E-state index in [0.717, 1.165) is 42.0 Å². The lowest BCUT2D eigenvalue weighted by atomic mass is 9.91. The average Bonchev–Trinajstić information content (AvgIpc) is 3.36. The van der Waals surface area contributed by atoms with Crippen LogP contribution in [0.3, 0.4) is 0 Å². The first kappa shape index (κ1) is 26.2. The topological polar surface area (TPSA) is 63.1 Å². The monoisotopic (exact) mass is 533 g/mol. The normalized spacial score (nSPS) is 17.4. The summed E-state index contributed by atoms with van der Waals surface area (Å²) in [5.74, 6) is 1.25. The minimum atomic E-state index is 0.463. The highest BCUT2D eigenvalue weighted by atomic mass is 35.5. The lowest BCUT2D eigenvalue weighted by Crippen LogP contribution is -2.36. The van der Waals surface area contributed by atoms with Crippen molar-refractivity contribution >= 4 is 28.6 Å². The molecule has 0 amide bonds. The second-order valence-corrected chi connectivity index (χ2v) is 10.5. The quantitative estimate of drug-likeness (QED) is 0.265. The molecule has 2 heterocycles. The fraction of sp³-hybridized carbons (Fsp3) is 0.367. The maximum atomic E-state index is 6.39. The van der Waals surface area contributed by atoms with Gasteiger partial charge in [-0.3, -0.25) is 0 Å². The van der Waals surface area contributed by atoms with Crippen molar-refractivity contribution in [2.45, 2.75) is 44.3 Å². The summed E-state index contributed by atoms with van der Waals surface area (Å²) >= 11 is 6.39. The number of aromatic nitrogens is 2. The zero-order valence-electron chi connectivity index (χ0n) is 22.5. The van der Waals surface area contributed by atoms with Crippen molar-refractivity contribution in [1.82, 2.24) is 14.7 Å². The molecule has 8 heteroatoms. The van der Waals surface area contributed by atoms with E-state index in [4.69, 9.17) is 26.1 Å². The molecule has 38 heavy (non-hydrogen) atoms. The molecule has 0 spiro atoms. The smallest absolute Gasteiger partial charge is 0.141 e. The van der Waals surface area contributed by atoms with Crippen molar-refractivity contribution in [2.75, 3.05) is 38.5 Å². The van der Waals surface area contributed by atoms with Gasteiger partial charge in [0.1, 0.15) is 17.1 Å². The van der Waals surface area contributed by atoms with Gasteiger partial charge in [-0.25, -0.2) is 4.98 Å². The van der Waals surface area contributed by atoms with Crippen molar-refractivity contribution in [3.63, 3.8) is 0 Å². The van der Waals surface area contributed by atoms with Gasteiger partial charge in [0.05, 0.1) is 24.9 Å². The van der Waals surface area contributed by atoms with Crippen molar-refractivity contribution in [2.24, 2.45) is 0 Å². The SMILES string of the molecule is COc1cc(OC)c(-c2cn3ccc(N[C@H]4CC[C@@H](NCc5ccc(N(C)C)cc5)CC4)cc3n2)cc1Cl. The summed E-state index contributed by atoms with van der Waals surface area (Å²) in [5, 5.41) is 8.01. The minimum Gasteiger partial charge on any atom is -0.496 e. The molecule has 0 aliphatic heterocycles. The Morgan fingerprint density at radius 2 is 1.66 bits per heavy atom. The first-order valence-electron chi connectivity index (χ1n) is 13.1. The van der Waals surface area contributed by atoms with Crippen LogP contribution >= 0.6 is 11.6 Å². The van der Waals surface area contributed by atoms with Crippen LogP contribution in [-0.2, 0) is 6.54 Å². The second-order valence-electron chi connectivity index (χ2n) is 10.1. The van der Waals surface area contributed by atoms with E-state index >= 15 is 0 Å². The Balaban J connectivity index is 1.18. The lowest BCUT2D eigenvalue weighted by molar-refractivity contribution is 0.353. The molecule has 1 saturated carbocycles. The number of ether oxygens (including phenoxy) is 2. The zero-order chi connectivity index (χ0) is 26.6. The van der Waals surface area contributed by atoms with Crippen LogP contribution in [0, 0.1) is 0 Å². The van der Waals surface area contributed by atoms with Crippen molar-refractivity contribution in [3.8, 4) is 22.8 Å². The summed E-state index contributed by atoms with van der Waals surface area (Å²) in [5.41, 5.74) is 6.15. The highest BCUT2D eigenvalue weighted by Gasteiger charge is 2.21. The predicted molar refractivity (Wildman–Crippen MR) is 156 cm³/mol. The van der Waals surface area contributed by atoms with Crippen LogP contribution in [0.15, 0.2) is 60.9 Å². The number of nitrogens with zero attached hydrogens (tertiary/aromatic N) is 3. The average molecular weight is 534 g/mol. The van der Waals surface area contributed by atoms with Gasteiger partial charge in [0.15, 0.2) is 0 Å². The number of fused-ring (bicyclic) bond motifs is 1. The molecule has 0 atom stereocenters. The van der Waals surface area contributed by atoms with Gasteiger partial charge in [-0.2, -0.15) is 0 Å². The molecular formula is C30H36ClN5O2. The lowest BCUT2D eigenvalue weighted by Gasteiger charge is -2.30. The first-order valence-corrected chi connectivity index (χ1v) is 13.5. The Morgan fingerprint density at radius 3 is 2.34 bits per heavy atom. The molecular weight excluding hydrogens is 498 g/mol. The molecule has 0 bridgehead atoms. The van der Waals surface area contributed by atoms with Crippen LogP contribution in [0.4, 0.5) is 11.4 Å². The van der Waals surface area contributed by atoms with Crippen LogP contribution in [0.25, 0.3) is 16.9 Å². The Kier molecular flexibility index (Phi) is 7.95. The number of nitrogens with one attached hydrogen (secondary N) is 2. The Labute approximate surface area is 229 Å². The number of methoxy groups -OCH3 is 2. The summed E-state index contributed by atoms with van der Waals surface area (Å²) < 4.78 is 12.9. The summed E-state index contributed by atoms with van der Waals surface area (Å²) in [6.07, 6.45) is 8.65. The van der Waals surface area contributed by atoms with Crippen molar-refractivity contribution in [1.29, 1.82) is 0 Å². The molecule has 7 nitrogen and oxygen atoms in total. The number of imidazole rings is 1. The summed E-state index contributed by atoms with van der Waals surface area (Å²) in [7, 11) is 7.37. The molecule has 1 fully saturated rings. The summed E-state index contributed by atoms with van der Waals surface area (Å²) in [4.78, 5) is 6.98. The van der Waals surface area contributed by atoms with Crippen LogP contribution in [0.1, 0.15) is 31.2 Å². The van der Waals surface area contributed by atoms with E-state index in [1.807, 2.05) is 22.9 Å². The number of anilines is 2. The molecule has 5 rings (SSSR count). The third kappa shape index (κ3) is 5.84. The molecule has 2 N–H and O–H groups in total. The highest BCUT2D eigenvalue weighted by Crippen LogP contribution is 2.38. The van der Waals surface area contributed by atoms with E-state index in [1.165, 1.54) is 24.1 Å². The Morgan fingerprint density at radius 1 is 0.947 bits per heavy atom. The molecule has 0 saturated heterocycles. The summed E-state index contributed by atoms with van der Waals surface area (Å²) in [6, 6.07) is 17.7. The van der Waals surface area contributed by atoms with E-state index < -0.39 is 0 Å². The standard InChI is InChI=1S/C30H36ClN5O2/c1-35(2)24-11-5-20(6-12-24)18-32-21-7-9-22(10-8-21)33-23-13-14-36-19-27(34-30(36)15-23)25-16-26(31)29(38-4)17-28(25)37-3/h5-6,11-17,19,21-22,32-33H,7-10,18H2,1-4H3/t21-,22+. The van der Waals surface area contributed by atoms with E-state index in [-0.39, 0.29) is 0 Å². The minimum absolute atomic E-state index is 0.463. The zero-order valence-corrected chi connectivity index (χ0v) is 23.3. The number of pyridine rings is 1. The molecule has 1 aliphatic carbocycles. The van der Waals surface area contributed by atoms with Gasteiger partial charge in [-0.05, 0) is 55.5 Å². The van der Waals surface area contributed by atoms with Gasteiger partial charge in [0.25, 0.3) is 0 Å². The molecule has 1 aliphatic rings. The van der Waals surface area contributed by atoms with Gasteiger partial charge in [-0.15, -0.1) is 0 Å². The fourth-order valence-electron chi connectivity index (χ4n) is 5.11. The van der Waals surface area contributed by atoms with Gasteiger partial charge in [-0.1, -0.05) is 23.7 Å². The second kappa shape index (κ2) is 11.5. The molecule has 2 aromatic carbocycles. The molecule has 0 unspecified atom stereocenters. The molecule has 4 aromatic rings. The maximum absolute atomic E-state index is 6.39. The van der Waals surface area contributed by atoms with Gasteiger partial charge in [0, 0.05) is 74.2 Å². The predicted octanol–water partition coefficient (Wildman–Crippen LogP) is 6.25. The number of hydrogen-bond donors (Lipinski definition) is 2.